The number of nitrogens with zero attached hydrogens (tertiary/aromatic N) is 2. The van der Waals surface area contributed by atoms with Crippen LogP contribution in [0.4, 0.5) is 0 Å². The molecule has 0 aliphatic heterocycles. The van der Waals surface area contributed by atoms with E-state index >= 15 is 0 Å². The van der Waals surface area contributed by atoms with Crippen molar-refractivity contribution in [1.29, 1.82) is 0 Å². The summed E-state index contributed by atoms with van der Waals surface area (Å²) in [7, 11) is 0. The molecule has 2 aromatic heterocycles. The SMILES string of the molecule is c1cc[n+](CCCCCCCCCCCCCC[n+]2ccccc2)cc1. The maximum absolute atomic E-state index is 2.29. The van der Waals surface area contributed by atoms with E-state index in [4.69, 9.17) is 0 Å². The average Bonchev–Trinajstić information content (AvgIpc) is 2.70. The fourth-order valence-electron chi connectivity index (χ4n) is 3.52. The van der Waals surface area contributed by atoms with Crippen molar-refractivity contribution in [3.63, 3.8) is 0 Å². The van der Waals surface area contributed by atoms with Crippen LogP contribution in [0, 0.1) is 0 Å². The molecule has 0 N–H and O–H groups in total. The van der Waals surface area contributed by atoms with Gasteiger partial charge in [0.2, 0.25) is 0 Å². The van der Waals surface area contributed by atoms with Crippen LogP contribution in [0.3, 0.4) is 0 Å². The van der Waals surface area contributed by atoms with Crippen LogP contribution >= 0.6 is 0 Å². The standard InChI is InChI=1S/C24H38N2/c1(3-5-7-9-13-19-25-21-15-11-16-22-25)2-4-6-8-10-14-20-26-23-17-12-18-24-26/h11-12,15-18,21-24H,1-10,13-14,19-20H2/q+2. The molecule has 0 aliphatic carbocycles. The summed E-state index contributed by atoms with van der Waals surface area (Å²) in [6.07, 6.45) is 25.5. The number of hydrogen-bond acceptors (Lipinski definition) is 0. The smallest absolute Gasteiger partial charge is 0.168 e. The Bertz CT molecular complexity index is 487. The van der Waals surface area contributed by atoms with Crippen LogP contribution in [-0.4, -0.2) is 0 Å². The van der Waals surface area contributed by atoms with Gasteiger partial charge in [0, 0.05) is 37.1 Å². The van der Waals surface area contributed by atoms with Crippen LogP contribution in [0.25, 0.3) is 0 Å². The number of rotatable bonds is 15. The molecule has 0 amide bonds. The third-order valence-electron chi connectivity index (χ3n) is 5.14. The third-order valence-corrected chi connectivity index (χ3v) is 5.14. The van der Waals surface area contributed by atoms with Crippen LogP contribution in [0.2, 0.25) is 0 Å². The molecule has 0 spiro atoms. The molecule has 2 rings (SSSR count). The Hall–Kier alpha value is -1.70. The zero-order valence-electron chi connectivity index (χ0n) is 16.6. The molecule has 0 atom stereocenters. The van der Waals surface area contributed by atoms with Gasteiger partial charge in [-0.05, 0) is 12.8 Å². The van der Waals surface area contributed by atoms with Gasteiger partial charge in [-0.1, -0.05) is 63.5 Å². The molecular formula is C24H38N2+2. The van der Waals surface area contributed by atoms with Crippen molar-refractivity contribution in [1.82, 2.24) is 0 Å². The first kappa shape index (κ1) is 20.6. The molecule has 0 bridgehead atoms. The highest BCUT2D eigenvalue weighted by Crippen LogP contribution is 2.12. The minimum absolute atomic E-state index is 1.17. The summed E-state index contributed by atoms with van der Waals surface area (Å²) in [5.41, 5.74) is 0. The van der Waals surface area contributed by atoms with Crippen molar-refractivity contribution in [2.24, 2.45) is 0 Å². The van der Waals surface area contributed by atoms with E-state index in [1.165, 1.54) is 90.1 Å². The maximum atomic E-state index is 2.29. The molecule has 2 nitrogen and oxygen atoms in total. The van der Waals surface area contributed by atoms with E-state index in [1.807, 2.05) is 0 Å². The van der Waals surface area contributed by atoms with Gasteiger partial charge in [-0.3, -0.25) is 0 Å². The number of aryl methyl sites for hydroxylation is 2. The molecule has 0 saturated carbocycles. The van der Waals surface area contributed by atoms with Crippen LogP contribution in [0.5, 0.6) is 0 Å². The Balaban J connectivity index is 1.28. The number of hydrogen-bond donors (Lipinski definition) is 0. The van der Waals surface area contributed by atoms with Crippen LogP contribution < -0.4 is 9.13 Å². The quantitative estimate of drug-likeness (QED) is 0.289. The predicted octanol–water partition coefficient (Wildman–Crippen LogP) is 5.64. The molecule has 2 heterocycles. The Kier molecular flexibility index (Phi) is 11.5. The monoisotopic (exact) mass is 354 g/mol. The molecule has 0 unspecified atom stereocenters. The zero-order chi connectivity index (χ0) is 18.1. The van der Waals surface area contributed by atoms with Crippen molar-refractivity contribution in [3.8, 4) is 0 Å². The molecule has 0 aliphatic rings. The lowest BCUT2D eigenvalue weighted by atomic mass is 10.1. The van der Waals surface area contributed by atoms with Gasteiger partial charge in [-0.2, -0.15) is 0 Å². The van der Waals surface area contributed by atoms with Crippen molar-refractivity contribution in [3.05, 3.63) is 61.2 Å². The van der Waals surface area contributed by atoms with Gasteiger partial charge in [0.15, 0.2) is 24.8 Å². The summed E-state index contributed by atoms with van der Waals surface area (Å²) >= 11 is 0. The Morgan fingerprint density at radius 3 is 0.885 bits per heavy atom. The van der Waals surface area contributed by atoms with Crippen molar-refractivity contribution in [2.75, 3.05) is 0 Å². The summed E-state index contributed by atoms with van der Waals surface area (Å²) in [6, 6.07) is 12.6. The lowest BCUT2D eigenvalue weighted by Gasteiger charge is -2.02. The number of pyridine rings is 2. The summed E-state index contributed by atoms with van der Waals surface area (Å²) < 4.78 is 4.58. The molecule has 142 valence electrons. The first-order chi connectivity index (χ1) is 12.9. The Morgan fingerprint density at radius 2 is 0.577 bits per heavy atom. The number of unbranched alkanes of at least 4 members (excludes halogenated alkanes) is 11. The zero-order valence-corrected chi connectivity index (χ0v) is 16.6. The van der Waals surface area contributed by atoms with Gasteiger partial charge in [0.25, 0.3) is 0 Å². The molecule has 0 radical (unpaired) electrons. The van der Waals surface area contributed by atoms with Crippen LogP contribution in [-0.2, 0) is 13.1 Å². The van der Waals surface area contributed by atoms with E-state index in [1.54, 1.807) is 0 Å². The topological polar surface area (TPSA) is 7.76 Å². The van der Waals surface area contributed by atoms with Gasteiger partial charge in [0.1, 0.15) is 13.1 Å². The van der Waals surface area contributed by atoms with E-state index < -0.39 is 0 Å². The highest BCUT2D eigenvalue weighted by Gasteiger charge is 1.99. The van der Waals surface area contributed by atoms with Crippen molar-refractivity contribution in [2.45, 2.75) is 90.1 Å². The first-order valence-electron chi connectivity index (χ1n) is 10.8. The second-order valence-corrected chi connectivity index (χ2v) is 7.47. The van der Waals surface area contributed by atoms with E-state index in [-0.39, 0.29) is 0 Å². The van der Waals surface area contributed by atoms with Gasteiger partial charge < -0.3 is 0 Å². The molecule has 26 heavy (non-hydrogen) atoms. The Labute approximate surface area is 160 Å². The summed E-state index contributed by atoms with van der Waals surface area (Å²) in [5.74, 6) is 0. The third kappa shape index (κ3) is 10.3. The highest BCUT2D eigenvalue weighted by molar-refractivity contribution is 4.84. The first-order valence-corrected chi connectivity index (χ1v) is 10.8. The second-order valence-electron chi connectivity index (χ2n) is 7.47. The Morgan fingerprint density at radius 1 is 0.308 bits per heavy atom. The lowest BCUT2D eigenvalue weighted by Crippen LogP contribution is -2.32. The van der Waals surface area contributed by atoms with E-state index in [0.29, 0.717) is 0 Å². The number of aromatic nitrogens is 2. The largest absolute Gasteiger partial charge is 0.205 e. The molecule has 0 saturated heterocycles. The fraction of sp³-hybridized carbons (Fsp3) is 0.583. The fourth-order valence-corrected chi connectivity index (χ4v) is 3.52. The molecular weight excluding hydrogens is 316 g/mol. The van der Waals surface area contributed by atoms with Crippen LogP contribution in [0.15, 0.2) is 61.2 Å². The lowest BCUT2D eigenvalue weighted by molar-refractivity contribution is -0.697. The molecule has 2 aromatic rings. The van der Waals surface area contributed by atoms with Crippen molar-refractivity contribution >= 4 is 0 Å². The average molecular weight is 355 g/mol. The van der Waals surface area contributed by atoms with E-state index in [0.717, 1.165) is 0 Å². The van der Waals surface area contributed by atoms with Crippen LogP contribution in [0.1, 0.15) is 77.0 Å². The highest BCUT2D eigenvalue weighted by atomic mass is 14.9. The van der Waals surface area contributed by atoms with Gasteiger partial charge in [-0.25, -0.2) is 9.13 Å². The van der Waals surface area contributed by atoms with E-state index in [2.05, 4.69) is 70.3 Å². The minimum Gasteiger partial charge on any atom is -0.205 e. The van der Waals surface area contributed by atoms with Crippen molar-refractivity contribution < 1.29 is 9.13 Å². The summed E-state index contributed by atoms with van der Waals surface area (Å²) in [4.78, 5) is 0. The molecule has 0 fully saturated rings. The minimum atomic E-state index is 1.17. The van der Waals surface area contributed by atoms with E-state index in [9.17, 15) is 0 Å². The maximum Gasteiger partial charge on any atom is 0.168 e. The molecule has 2 heteroatoms. The normalized spacial score (nSPS) is 10.9. The van der Waals surface area contributed by atoms with Gasteiger partial charge >= 0.3 is 0 Å². The second kappa shape index (κ2) is 14.5. The summed E-state index contributed by atoms with van der Waals surface area (Å²) in [6.45, 7) is 2.34. The predicted molar refractivity (Wildman–Crippen MR) is 109 cm³/mol. The molecule has 0 aromatic carbocycles. The summed E-state index contributed by atoms with van der Waals surface area (Å²) in [5, 5.41) is 0. The van der Waals surface area contributed by atoms with Gasteiger partial charge in [0.05, 0.1) is 0 Å². The van der Waals surface area contributed by atoms with Gasteiger partial charge in [-0.15, -0.1) is 0 Å².